The van der Waals surface area contributed by atoms with Crippen molar-refractivity contribution >= 4 is 15.9 Å². The van der Waals surface area contributed by atoms with Crippen LogP contribution in [0.5, 0.6) is 0 Å². The Kier molecular flexibility index (Phi) is 4.51. The van der Waals surface area contributed by atoms with Gasteiger partial charge in [0, 0.05) is 5.33 Å². The van der Waals surface area contributed by atoms with E-state index in [4.69, 9.17) is 0 Å². The fourth-order valence-corrected chi connectivity index (χ4v) is 1.61. The Bertz CT molecular complexity index is 394. The second-order valence-electron chi connectivity index (χ2n) is 3.44. The Morgan fingerprint density at radius 2 is 1.76 bits per heavy atom. The number of aliphatic hydroxyl groups is 2. The molecule has 96 valence electrons. The quantitative estimate of drug-likeness (QED) is 0.665. The molecule has 2 nitrogen and oxygen atoms in total. The van der Waals surface area contributed by atoms with Crippen LogP contribution in [-0.4, -0.2) is 21.6 Å². The highest BCUT2D eigenvalue weighted by molar-refractivity contribution is 9.09. The summed E-state index contributed by atoms with van der Waals surface area (Å²) >= 11 is 2.86. The minimum absolute atomic E-state index is 0.0357. The van der Waals surface area contributed by atoms with Crippen LogP contribution in [0, 0.1) is 5.82 Å². The average Bonchev–Trinajstić information content (AvgIpc) is 2.25. The number of hydrogen-bond donors (Lipinski definition) is 2. The first kappa shape index (κ1) is 14.4. The monoisotopic (exact) mass is 316 g/mol. The first-order chi connectivity index (χ1) is 7.75. The molecule has 0 aromatic heterocycles. The van der Waals surface area contributed by atoms with Gasteiger partial charge in [-0.05, 0) is 23.8 Å². The van der Waals surface area contributed by atoms with Gasteiger partial charge < -0.3 is 10.2 Å². The lowest BCUT2D eigenvalue weighted by Gasteiger charge is -2.17. The average molecular weight is 317 g/mol. The molecule has 17 heavy (non-hydrogen) atoms. The van der Waals surface area contributed by atoms with Gasteiger partial charge >= 0.3 is 6.18 Å². The molecule has 0 amide bonds. The largest absolute Gasteiger partial charge is 0.416 e. The molecule has 0 bridgehead atoms. The summed E-state index contributed by atoms with van der Waals surface area (Å²) in [5, 5.41) is 18.7. The van der Waals surface area contributed by atoms with E-state index in [0.29, 0.717) is 12.1 Å². The number of benzene rings is 1. The van der Waals surface area contributed by atoms with Crippen molar-refractivity contribution in [1.29, 1.82) is 0 Å². The molecule has 2 unspecified atom stereocenters. The summed E-state index contributed by atoms with van der Waals surface area (Å²) in [6.45, 7) is 0. The standard InChI is InChI=1S/C10H9BrF4O2/c11-4-8(16)9(17)5-1-6(10(13,14)15)3-7(12)2-5/h1-3,8-9,16-17H,4H2. The zero-order valence-corrected chi connectivity index (χ0v) is 9.96. The predicted molar refractivity (Wildman–Crippen MR) is 56.2 cm³/mol. The van der Waals surface area contributed by atoms with E-state index in [1.54, 1.807) is 0 Å². The molecule has 0 heterocycles. The van der Waals surface area contributed by atoms with E-state index in [1.807, 2.05) is 0 Å². The second kappa shape index (κ2) is 5.32. The summed E-state index contributed by atoms with van der Waals surface area (Å²) < 4.78 is 50.1. The second-order valence-corrected chi connectivity index (χ2v) is 4.08. The lowest BCUT2D eigenvalue weighted by Crippen LogP contribution is -2.20. The fraction of sp³-hybridized carbons (Fsp3) is 0.400. The maximum absolute atomic E-state index is 13.0. The first-order valence-electron chi connectivity index (χ1n) is 4.55. The van der Waals surface area contributed by atoms with Gasteiger partial charge in [0.05, 0.1) is 11.7 Å². The van der Waals surface area contributed by atoms with Crippen molar-refractivity contribution in [3.05, 3.63) is 35.1 Å². The van der Waals surface area contributed by atoms with Gasteiger partial charge in [-0.3, -0.25) is 0 Å². The summed E-state index contributed by atoms with van der Waals surface area (Å²) in [6.07, 6.45) is -7.58. The predicted octanol–water partition coefficient (Wildman–Crippen LogP) is 2.63. The molecule has 2 N–H and O–H groups in total. The molecular weight excluding hydrogens is 308 g/mol. The fourth-order valence-electron chi connectivity index (χ4n) is 1.25. The summed E-state index contributed by atoms with van der Waals surface area (Å²) in [5.74, 6) is -1.12. The highest BCUT2D eigenvalue weighted by atomic mass is 79.9. The number of halogens is 5. The van der Waals surface area contributed by atoms with E-state index < -0.39 is 29.8 Å². The normalized spacial score (nSPS) is 15.7. The SMILES string of the molecule is OC(CBr)C(O)c1cc(F)cc(C(F)(F)F)c1. The molecule has 1 aromatic carbocycles. The molecule has 2 atom stereocenters. The van der Waals surface area contributed by atoms with Crippen molar-refractivity contribution in [1.82, 2.24) is 0 Å². The summed E-state index contributed by atoms with van der Waals surface area (Å²) in [6, 6.07) is 1.70. The Balaban J connectivity index is 3.14. The number of alkyl halides is 4. The molecule has 0 saturated heterocycles. The maximum Gasteiger partial charge on any atom is 0.416 e. The van der Waals surface area contributed by atoms with Crippen LogP contribution < -0.4 is 0 Å². The van der Waals surface area contributed by atoms with Crippen molar-refractivity contribution < 1.29 is 27.8 Å². The van der Waals surface area contributed by atoms with Crippen LogP contribution in [0.15, 0.2) is 18.2 Å². The highest BCUT2D eigenvalue weighted by Crippen LogP contribution is 2.32. The van der Waals surface area contributed by atoms with Crippen LogP contribution in [0.2, 0.25) is 0 Å². The van der Waals surface area contributed by atoms with Gasteiger partial charge in [0.2, 0.25) is 0 Å². The van der Waals surface area contributed by atoms with E-state index in [2.05, 4.69) is 15.9 Å². The molecule has 0 saturated carbocycles. The lowest BCUT2D eigenvalue weighted by molar-refractivity contribution is -0.137. The summed E-state index contributed by atoms with van der Waals surface area (Å²) in [4.78, 5) is 0. The Hall–Kier alpha value is -0.660. The van der Waals surface area contributed by atoms with Crippen LogP contribution in [0.3, 0.4) is 0 Å². The van der Waals surface area contributed by atoms with Crippen LogP contribution in [-0.2, 0) is 6.18 Å². The molecule has 0 radical (unpaired) electrons. The molecule has 1 aromatic rings. The zero-order chi connectivity index (χ0) is 13.2. The number of hydrogen-bond acceptors (Lipinski definition) is 2. The van der Waals surface area contributed by atoms with Crippen LogP contribution in [0.1, 0.15) is 17.2 Å². The third kappa shape index (κ3) is 3.65. The van der Waals surface area contributed by atoms with Gasteiger partial charge in [0.1, 0.15) is 11.9 Å². The van der Waals surface area contributed by atoms with E-state index in [9.17, 15) is 27.8 Å². The van der Waals surface area contributed by atoms with Crippen LogP contribution in [0.4, 0.5) is 17.6 Å². The van der Waals surface area contributed by atoms with E-state index in [1.165, 1.54) is 0 Å². The van der Waals surface area contributed by atoms with Crippen molar-refractivity contribution in [3.63, 3.8) is 0 Å². The molecule has 0 aliphatic heterocycles. The molecule has 0 fully saturated rings. The lowest BCUT2D eigenvalue weighted by atomic mass is 10.0. The van der Waals surface area contributed by atoms with Crippen molar-refractivity contribution in [2.75, 3.05) is 5.33 Å². The number of aliphatic hydroxyl groups excluding tert-OH is 2. The molecular formula is C10H9BrF4O2. The van der Waals surface area contributed by atoms with Crippen molar-refractivity contribution in [2.45, 2.75) is 18.4 Å². The van der Waals surface area contributed by atoms with E-state index >= 15 is 0 Å². The Morgan fingerprint density at radius 1 is 1.18 bits per heavy atom. The smallest absolute Gasteiger partial charge is 0.389 e. The highest BCUT2D eigenvalue weighted by Gasteiger charge is 2.32. The minimum atomic E-state index is -4.70. The topological polar surface area (TPSA) is 40.5 Å². The molecule has 7 heteroatoms. The van der Waals surface area contributed by atoms with Crippen molar-refractivity contribution in [2.24, 2.45) is 0 Å². The Morgan fingerprint density at radius 3 is 2.24 bits per heavy atom. The van der Waals surface area contributed by atoms with Gasteiger partial charge in [-0.1, -0.05) is 15.9 Å². The first-order valence-corrected chi connectivity index (χ1v) is 5.67. The third-order valence-corrected chi connectivity index (χ3v) is 2.77. The van der Waals surface area contributed by atoms with E-state index in [-0.39, 0.29) is 10.9 Å². The van der Waals surface area contributed by atoms with Gasteiger partial charge in [-0.15, -0.1) is 0 Å². The molecule has 0 spiro atoms. The Labute approximate surface area is 103 Å². The van der Waals surface area contributed by atoms with E-state index in [0.717, 1.165) is 6.07 Å². The van der Waals surface area contributed by atoms with Gasteiger partial charge in [-0.25, -0.2) is 4.39 Å². The van der Waals surface area contributed by atoms with Gasteiger partial charge in [-0.2, -0.15) is 13.2 Å². The summed E-state index contributed by atoms with van der Waals surface area (Å²) in [7, 11) is 0. The van der Waals surface area contributed by atoms with Gasteiger partial charge in [0.15, 0.2) is 0 Å². The van der Waals surface area contributed by atoms with Crippen LogP contribution >= 0.6 is 15.9 Å². The van der Waals surface area contributed by atoms with Crippen LogP contribution in [0.25, 0.3) is 0 Å². The molecule has 0 aliphatic carbocycles. The zero-order valence-electron chi connectivity index (χ0n) is 8.38. The number of rotatable bonds is 3. The van der Waals surface area contributed by atoms with Gasteiger partial charge in [0.25, 0.3) is 0 Å². The maximum atomic E-state index is 13.0. The van der Waals surface area contributed by atoms with Crippen molar-refractivity contribution in [3.8, 4) is 0 Å². The summed E-state index contributed by atoms with van der Waals surface area (Å²) in [5.41, 5.74) is -1.52. The molecule has 0 aliphatic rings. The third-order valence-electron chi connectivity index (χ3n) is 2.11. The molecule has 1 rings (SSSR count). The minimum Gasteiger partial charge on any atom is -0.389 e.